The minimum Gasteiger partial charge on any atom is -0.463 e. The molecule has 1 amide bonds. The van der Waals surface area contributed by atoms with Gasteiger partial charge in [-0.25, -0.2) is 0 Å². The Morgan fingerprint density at radius 1 is 1.11 bits per heavy atom. The summed E-state index contributed by atoms with van der Waals surface area (Å²) in [6.45, 7) is 1.52. The maximum absolute atomic E-state index is 13.2. The number of hydrogen-bond acceptors (Lipinski definition) is 4. The van der Waals surface area contributed by atoms with E-state index < -0.39 is 0 Å². The molecule has 1 aromatic heterocycles. The van der Waals surface area contributed by atoms with Crippen molar-refractivity contribution in [1.82, 2.24) is 9.78 Å². The molecule has 2 aliphatic rings. The van der Waals surface area contributed by atoms with Crippen LogP contribution in [0.4, 0.5) is 5.69 Å². The number of amides is 1. The van der Waals surface area contributed by atoms with Crippen molar-refractivity contribution in [3.8, 4) is 0 Å². The Bertz CT molecular complexity index is 803. The van der Waals surface area contributed by atoms with Crippen LogP contribution in [0.2, 0.25) is 0 Å². The van der Waals surface area contributed by atoms with Gasteiger partial charge in [-0.2, -0.15) is 5.10 Å². The number of anilines is 1. The number of esters is 1. The lowest BCUT2D eigenvalue weighted by molar-refractivity contribution is -0.154. The monoisotopic (exact) mass is 367 g/mol. The van der Waals surface area contributed by atoms with Crippen molar-refractivity contribution in [2.45, 2.75) is 38.6 Å². The maximum atomic E-state index is 13.2. The van der Waals surface area contributed by atoms with Gasteiger partial charge in [-0.05, 0) is 37.0 Å². The molecule has 1 saturated carbocycles. The molecule has 27 heavy (non-hydrogen) atoms. The van der Waals surface area contributed by atoms with E-state index in [9.17, 15) is 9.59 Å². The predicted molar refractivity (Wildman–Crippen MR) is 101 cm³/mol. The van der Waals surface area contributed by atoms with E-state index in [4.69, 9.17) is 4.74 Å². The molecule has 1 aromatic carbocycles. The summed E-state index contributed by atoms with van der Waals surface area (Å²) in [4.78, 5) is 27.8. The number of aromatic nitrogens is 2. The summed E-state index contributed by atoms with van der Waals surface area (Å²) in [5, 5.41) is 4.11. The Balaban J connectivity index is 1.41. The number of para-hydroxylation sites is 1. The number of carbonyl (C=O) groups excluding carboxylic acids is 2. The Labute approximate surface area is 159 Å². The second-order valence-corrected chi connectivity index (χ2v) is 7.30. The Morgan fingerprint density at radius 2 is 1.93 bits per heavy atom. The summed E-state index contributed by atoms with van der Waals surface area (Å²) in [6, 6.07) is 9.88. The topological polar surface area (TPSA) is 64.4 Å². The van der Waals surface area contributed by atoms with Crippen molar-refractivity contribution in [2.75, 3.05) is 18.1 Å². The Kier molecular flexibility index (Phi) is 5.23. The molecule has 1 aliphatic heterocycles. The molecule has 2 heterocycles. The SMILES string of the molecule is O=C(OCCn1cccn1)C1CCCCC1C(=O)N1CCc2ccccc21. The van der Waals surface area contributed by atoms with Gasteiger partial charge in [-0.1, -0.05) is 31.0 Å². The molecular weight excluding hydrogens is 342 g/mol. The minimum absolute atomic E-state index is 0.0775. The Morgan fingerprint density at radius 3 is 2.74 bits per heavy atom. The highest BCUT2D eigenvalue weighted by Crippen LogP contribution is 2.36. The van der Waals surface area contributed by atoms with Gasteiger partial charge in [0.25, 0.3) is 0 Å². The second kappa shape index (κ2) is 7.94. The first-order valence-electron chi connectivity index (χ1n) is 9.77. The number of fused-ring (bicyclic) bond motifs is 1. The molecule has 0 N–H and O–H groups in total. The number of benzene rings is 1. The molecule has 4 rings (SSSR count). The van der Waals surface area contributed by atoms with Gasteiger partial charge in [0.15, 0.2) is 0 Å². The van der Waals surface area contributed by atoms with Gasteiger partial charge in [0, 0.05) is 24.6 Å². The summed E-state index contributed by atoms with van der Waals surface area (Å²) >= 11 is 0. The van der Waals surface area contributed by atoms with Crippen molar-refractivity contribution in [3.63, 3.8) is 0 Å². The van der Waals surface area contributed by atoms with Crippen LogP contribution >= 0.6 is 0 Å². The number of hydrogen-bond donors (Lipinski definition) is 0. The van der Waals surface area contributed by atoms with Crippen LogP contribution in [0.15, 0.2) is 42.7 Å². The Hall–Kier alpha value is -2.63. The third-order valence-electron chi connectivity index (χ3n) is 5.66. The molecule has 0 saturated heterocycles. The fraction of sp³-hybridized carbons (Fsp3) is 0.476. The van der Waals surface area contributed by atoms with Crippen LogP contribution in [0.5, 0.6) is 0 Å². The number of nitrogens with zero attached hydrogens (tertiary/aromatic N) is 3. The number of ether oxygens (including phenoxy) is 1. The molecule has 6 heteroatoms. The number of carbonyl (C=O) groups is 2. The first-order chi connectivity index (χ1) is 13.2. The average Bonchev–Trinajstić information content (AvgIpc) is 3.37. The number of rotatable bonds is 5. The average molecular weight is 367 g/mol. The third-order valence-corrected chi connectivity index (χ3v) is 5.66. The van der Waals surface area contributed by atoms with Crippen LogP contribution < -0.4 is 4.90 Å². The van der Waals surface area contributed by atoms with Gasteiger partial charge in [-0.3, -0.25) is 14.3 Å². The highest BCUT2D eigenvalue weighted by atomic mass is 16.5. The lowest BCUT2D eigenvalue weighted by Crippen LogP contribution is -2.42. The molecule has 0 radical (unpaired) electrons. The normalized spacial score (nSPS) is 21.7. The van der Waals surface area contributed by atoms with Crippen LogP contribution in [0.25, 0.3) is 0 Å². The first kappa shape index (κ1) is 17.8. The summed E-state index contributed by atoms with van der Waals surface area (Å²) in [5.41, 5.74) is 2.21. The van der Waals surface area contributed by atoms with E-state index in [0.29, 0.717) is 13.1 Å². The lowest BCUT2D eigenvalue weighted by atomic mass is 9.78. The van der Waals surface area contributed by atoms with Gasteiger partial charge in [0.05, 0.1) is 18.4 Å². The van der Waals surface area contributed by atoms with Gasteiger partial charge >= 0.3 is 5.97 Å². The first-order valence-corrected chi connectivity index (χ1v) is 9.77. The second-order valence-electron chi connectivity index (χ2n) is 7.30. The van der Waals surface area contributed by atoms with Gasteiger partial charge in [-0.15, -0.1) is 0 Å². The highest BCUT2D eigenvalue weighted by Gasteiger charge is 2.40. The standard InChI is InChI=1S/C21H25N3O3/c25-20(24-13-10-16-6-1-4-9-19(16)24)17-7-2-3-8-18(17)21(26)27-15-14-23-12-5-11-22-23/h1,4-6,9,11-12,17-18H,2-3,7-8,10,13-15H2. The van der Waals surface area contributed by atoms with Gasteiger partial charge < -0.3 is 9.64 Å². The highest BCUT2D eigenvalue weighted by molar-refractivity contribution is 5.99. The zero-order valence-electron chi connectivity index (χ0n) is 15.4. The largest absolute Gasteiger partial charge is 0.463 e. The van der Waals surface area contributed by atoms with Crippen molar-refractivity contribution >= 4 is 17.6 Å². The molecule has 1 aliphatic carbocycles. The maximum Gasteiger partial charge on any atom is 0.309 e. The summed E-state index contributed by atoms with van der Waals surface area (Å²) in [6.07, 6.45) is 7.87. The van der Waals surface area contributed by atoms with Gasteiger partial charge in [0.2, 0.25) is 5.91 Å². The van der Waals surface area contributed by atoms with Crippen LogP contribution in [-0.4, -0.2) is 34.8 Å². The fourth-order valence-corrected chi connectivity index (χ4v) is 4.26. The molecule has 2 atom stereocenters. The van der Waals surface area contributed by atoms with Crippen LogP contribution in [0, 0.1) is 11.8 Å². The van der Waals surface area contributed by atoms with E-state index in [0.717, 1.165) is 37.8 Å². The summed E-state index contributed by atoms with van der Waals surface area (Å²) in [5.74, 6) is -0.778. The van der Waals surface area contributed by atoms with E-state index in [1.165, 1.54) is 5.56 Å². The summed E-state index contributed by atoms with van der Waals surface area (Å²) in [7, 11) is 0. The van der Waals surface area contributed by atoms with Gasteiger partial charge in [0.1, 0.15) is 6.61 Å². The quantitative estimate of drug-likeness (QED) is 0.763. The zero-order valence-corrected chi connectivity index (χ0v) is 15.4. The van der Waals surface area contributed by atoms with Crippen molar-refractivity contribution in [3.05, 3.63) is 48.3 Å². The smallest absolute Gasteiger partial charge is 0.309 e. The van der Waals surface area contributed by atoms with E-state index in [1.807, 2.05) is 35.4 Å². The van der Waals surface area contributed by atoms with Crippen LogP contribution in [-0.2, 0) is 27.3 Å². The molecule has 2 aromatic rings. The van der Waals surface area contributed by atoms with E-state index in [-0.39, 0.29) is 30.3 Å². The van der Waals surface area contributed by atoms with E-state index >= 15 is 0 Å². The van der Waals surface area contributed by atoms with Crippen LogP contribution in [0.3, 0.4) is 0 Å². The van der Waals surface area contributed by atoms with E-state index in [2.05, 4.69) is 11.2 Å². The molecule has 1 fully saturated rings. The lowest BCUT2D eigenvalue weighted by Gasteiger charge is -2.32. The zero-order chi connectivity index (χ0) is 18.6. The van der Waals surface area contributed by atoms with Crippen LogP contribution in [0.1, 0.15) is 31.2 Å². The van der Waals surface area contributed by atoms with Crippen molar-refractivity contribution in [1.29, 1.82) is 0 Å². The molecule has 142 valence electrons. The predicted octanol–water partition coefficient (Wildman–Crippen LogP) is 2.82. The van der Waals surface area contributed by atoms with Crippen molar-refractivity contribution in [2.24, 2.45) is 11.8 Å². The van der Waals surface area contributed by atoms with E-state index in [1.54, 1.807) is 10.9 Å². The summed E-state index contributed by atoms with van der Waals surface area (Å²) < 4.78 is 7.23. The third kappa shape index (κ3) is 3.75. The molecule has 0 bridgehead atoms. The minimum atomic E-state index is -0.336. The molecule has 6 nitrogen and oxygen atoms in total. The fourth-order valence-electron chi connectivity index (χ4n) is 4.26. The molecule has 0 spiro atoms. The molecule has 2 unspecified atom stereocenters. The van der Waals surface area contributed by atoms with Crippen molar-refractivity contribution < 1.29 is 14.3 Å². The molecular formula is C21H25N3O3.